The summed E-state index contributed by atoms with van der Waals surface area (Å²) in [6, 6.07) is 6.36. The molecule has 0 saturated carbocycles. The molecule has 0 saturated heterocycles. The maximum Gasteiger partial charge on any atom is 0.222 e. The molecule has 3 nitrogen and oxygen atoms in total. The summed E-state index contributed by atoms with van der Waals surface area (Å²) < 4.78 is 16.5. The van der Waals surface area contributed by atoms with E-state index >= 15 is 0 Å². The van der Waals surface area contributed by atoms with E-state index in [1.54, 1.807) is 23.0 Å². The van der Waals surface area contributed by atoms with Crippen LogP contribution in [-0.4, -0.2) is 15.6 Å². The van der Waals surface area contributed by atoms with Gasteiger partial charge in [-0.3, -0.25) is 9.48 Å². The molecule has 0 aliphatic carbocycles. The molecule has 0 spiro atoms. The molecule has 1 aromatic carbocycles. The molecule has 21 heavy (non-hydrogen) atoms. The highest BCUT2D eigenvalue weighted by Crippen LogP contribution is 2.30. The summed E-state index contributed by atoms with van der Waals surface area (Å²) in [6.45, 7) is 3.94. The third-order valence-corrected chi connectivity index (χ3v) is 4.85. The zero-order valence-electron chi connectivity index (χ0n) is 11.4. The molecular formula is C15H12BrFN2OS. The van der Waals surface area contributed by atoms with Crippen molar-refractivity contribution in [3.05, 3.63) is 51.3 Å². The van der Waals surface area contributed by atoms with E-state index in [2.05, 4.69) is 21.0 Å². The normalized spacial score (nSPS) is 11.5. The second kappa shape index (κ2) is 5.35. The fraction of sp³-hybridized carbons (Fsp3) is 0.200. The van der Waals surface area contributed by atoms with E-state index in [1.807, 2.05) is 13.8 Å². The van der Waals surface area contributed by atoms with Crippen LogP contribution in [0.1, 0.15) is 35.3 Å². The monoisotopic (exact) mass is 366 g/mol. The molecule has 0 aliphatic heterocycles. The Kier molecular flexibility index (Phi) is 3.67. The number of benzene rings is 1. The van der Waals surface area contributed by atoms with Crippen LogP contribution in [0.4, 0.5) is 4.39 Å². The van der Waals surface area contributed by atoms with Crippen molar-refractivity contribution in [1.82, 2.24) is 9.78 Å². The van der Waals surface area contributed by atoms with Gasteiger partial charge in [-0.05, 0) is 59.4 Å². The predicted molar refractivity (Wildman–Crippen MR) is 85.5 cm³/mol. The molecule has 0 aliphatic rings. The number of thiophene rings is 1. The maximum absolute atomic E-state index is 13.3. The molecule has 3 aromatic rings. The summed E-state index contributed by atoms with van der Waals surface area (Å²) in [7, 11) is 0. The summed E-state index contributed by atoms with van der Waals surface area (Å²) >= 11 is 4.74. The first kappa shape index (κ1) is 14.4. The fourth-order valence-corrected chi connectivity index (χ4v) is 3.63. The lowest BCUT2D eigenvalue weighted by Crippen LogP contribution is -2.13. The zero-order valence-corrected chi connectivity index (χ0v) is 13.8. The Labute approximate surface area is 133 Å². The molecule has 0 atom stereocenters. The van der Waals surface area contributed by atoms with Crippen molar-refractivity contribution in [1.29, 1.82) is 0 Å². The Hall–Kier alpha value is -1.53. The van der Waals surface area contributed by atoms with Gasteiger partial charge in [-0.2, -0.15) is 5.10 Å². The number of hydrogen-bond acceptors (Lipinski definition) is 3. The molecule has 108 valence electrons. The molecule has 0 amide bonds. The van der Waals surface area contributed by atoms with E-state index < -0.39 is 0 Å². The highest BCUT2D eigenvalue weighted by molar-refractivity contribution is 9.10. The molecule has 0 fully saturated rings. The third kappa shape index (κ3) is 2.53. The smallest absolute Gasteiger partial charge is 0.222 e. The first-order chi connectivity index (χ1) is 9.97. The minimum Gasteiger partial charge on any atom is -0.286 e. The van der Waals surface area contributed by atoms with Crippen LogP contribution < -0.4 is 0 Å². The number of hydrogen-bond donors (Lipinski definition) is 0. The number of fused-ring (bicyclic) bond motifs is 1. The van der Waals surface area contributed by atoms with Crippen LogP contribution in [0.3, 0.4) is 0 Å². The fourth-order valence-electron chi connectivity index (χ4n) is 2.19. The first-order valence-corrected chi connectivity index (χ1v) is 8.05. The van der Waals surface area contributed by atoms with Crippen molar-refractivity contribution in [3.8, 4) is 0 Å². The Morgan fingerprint density at radius 2 is 2.14 bits per heavy atom. The Morgan fingerprint density at radius 3 is 2.86 bits per heavy atom. The van der Waals surface area contributed by atoms with Crippen molar-refractivity contribution in [3.63, 3.8) is 0 Å². The number of carbonyl (C=O) groups excluding carboxylic acids is 1. The summed E-state index contributed by atoms with van der Waals surface area (Å²) in [5.41, 5.74) is 0.525. The van der Waals surface area contributed by atoms with E-state index in [9.17, 15) is 9.18 Å². The zero-order chi connectivity index (χ0) is 15.1. The van der Waals surface area contributed by atoms with E-state index in [0.29, 0.717) is 15.0 Å². The summed E-state index contributed by atoms with van der Waals surface area (Å²) in [5, 5.41) is 4.97. The molecule has 2 heterocycles. The molecule has 0 radical (unpaired) electrons. The van der Waals surface area contributed by atoms with Gasteiger partial charge in [0.05, 0.1) is 15.5 Å². The predicted octanol–water partition coefficient (Wildman–Crippen LogP) is 4.81. The van der Waals surface area contributed by atoms with Gasteiger partial charge in [0.2, 0.25) is 5.78 Å². The maximum atomic E-state index is 13.3. The summed E-state index contributed by atoms with van der Waals surface area (Å²) in [6.07, 6.45) is 1.63. The minimum atomic E-state index is -0.298. The van der Waals surface area contributed by atoms with Gasteiger partial charge in [0.15, 0.2) is 0 Å². The van der Waals surface area contributed by atoms with Gasteiger partial charge in [0.1, 0.15) is 11.5 Å². The van der Waals surface area contributed by atoms with Crippen molar-refractivity contribution in [2.24, 2.45) is 0 Å². The van der Waals surface area contributed by atoms with Crippen molar-refractivity contribution >= 4 is 43.1 Å². The van der Waals surface area contributed by atoms with E-state index in [-0.39, 0.29) is 17.6 Å². The Bertz CT molecular complexity index is 837. The molecule has 3 rings (SSSR count). The number of ketones is 1. The van der Waals surface area contributed by atoms with Crippen LogP contribution in [0.5, 0.6) is 0 Å². The van der Waals surface area contributed by atoms with Crippen LogP contribution in [-0.2, 0) is 0 Å². The Balaban J connectivity index is 2.10. The van der Waals surface area contributed by atoms with Crippen LogP contribution in [0.25, 0.3) is 10.1 Å². The lowest BCUT2D eigenvalue weighted by atomic mass is 10.2. The second-order valence-corrected chi connectivity index (χ2v) is 6.94. The lowest BCUT2D eigenvalue weighted by Gasteiger charge is -2.09. The average Bonchev–Trinajstić information content (AvgIpc) is 3.00. The largest absolute Gasteiger partial charge is 0.286 e. The van der Waals surface area contributed by atoms with Gasteiger partial charge in [-0.15, -0.1) is 11.3 Å². The molecule has 0 bridgehead atoms. The highest BCUT2D eigenvalue weighted by Gasteiger charge is 2.22. The van der Waals surface area contributed by atoms with Gasteiger partial charge < -0.3 is 0 Å². The SMILES string of the molecule is CC(C)n1ncc(Br)c1C(=O)c1cc2cc(F)ccc2s1. The van der Waals surface area contributed by atoms with Gasteiger partial charge >= 0.3 is 0 Å². The van der Waals surface area contributed by atoms with E-state index in [1.165, 1.54) is 23.5 Å². The number of rotatable bonds is 3. The van der Waals surface area contributed by atoms with Crippen LogP contribution >= 0.6 is 27.3 Å². The van der Waals surface area contributed by atoms with E-state index in [4.69, 9.17) is 0 Å². The molecule has 6 heteroatoms. The third-order valence-electron chi connectivity index (χ3n) is 3.16. The number of nitrogens with zero attached hydrogens (tertiary/aromatic N) is 2. The quantitative estimate of drug-likeness (QED) is 0.623. The van der Waals surface area contributed by atoms with Crippen molar-refractivity contribution in [2.75, 3.05) is 0 Å². The molecule has 0 N–H and O–H groups in total. The van der Waals surface area contributed by atoms with Gasteiger partial charge in [0.25, 0.3) is 0 Å². The lowest BCUT2D eigenvalue weighted by molar-refractivity contribution is 0.103. The topological polar surface area (TPSA) is 34.9 Å². The number of halogens is 2. The molecule has 2 aromatic heterocycles. The average molecular weight is 367 g/mol. The van der Waals surface area contributed by atoms with Crippen molar-refractivity contribution in [2.45, 2.75) is 19.9 Å². The highest BCUT2D eigenvalue weighted by atomic mass is 79.9. The molecule has 0 unspecified atom stereocenters. The van der Waals surface area contributed by atoms with Crippen LogP contribution in [0.2, 0.25) is 0 Å². The van der Waals surface area contributed by atoms with Gasteiger partial charge in [-0.25, -0.2) is 4.39 Å². The number of carbonyl (C=O) groups is 1. The Morgan fingerprint density at radius 1 is 1.38 bits per heavy atom. The second-order valence-electron chi connectivity index (χ2n) is 5.00. The van der Waals surface area contributed by atoms with Crippen LogP contribution in [0, 0.1) is 5.82 Å². The minimum absolute atomic E-state index is 0.0853. The summed E-state index contributed by atoms with van der Waals surface area (Å²) in [4.78, 5) is 13.3. The first-order valence-electron chi connectivity index (χ1n) is 6.44. The molecular weight excluding hydrogens is 355 g/mol. The summed E-state index contributed by atoms with van der Waals surface area (Å²) in [5.74, 6) is -0.401. The standard InChI is InChI=1S/C15H12BrFN2OS/c1-8(2)19-14(11(16)7-18-19)15(20)13-6-9-5-10(17)3-4-12(9)21-13/h3-8H,1-2H3. The van der Waals surface area contributed by atoms with Crippen LogP contribution in [0.15, 0.2) is 34.9 Å². The number of aromatic nitrogens is 2. The van der Waals surface area contributed by atoms with Crippen molar-refractivity contribution < 1.29 is 9.18 Å². The van der Waals surface area contributed by atoms with Gasteiger partial charge in [0, 0.05) is 10.7 Å². The van der Waals surface area contributed by atoms with E-state index in [0.717, 1.165) is 10.1 Å². The van der Waals surface area contributed by atoms with Gasteiger partial charge in [-0.1, -0.05) is 0 Å².